The van der Waals surface area contributed by atoms with Crippen molar-refractivity contribution in [1.82, 2.24) is 0 Å². The van der Waals surface area contributed by atoms with Gasteiger partial charge in [-0.05, 0) is 48.3 Å². The maximum Gasteiger partial charge on any atom is 0.0950 e. The summed E-state index contributed by atoms with van der Waals surface area (Å²) in [5.74, 6) is 0. The number of likely N-dealkylation sites (N-methyl/N-ethyl adjacent to an activating group) is 1. The van der Waals surface area contributed by atoms with Gasteiger partial charge in [-0.2, -0.15) is 10.5 Å². The number of anilines is 1. The molecule has 3 nitrogen and oxygen atoms in total. The first-order valence-electron chi connectivity index (χ1n) is 10.4. The summed E-state index contributed by atoms with van der Waals surface area (Å²) in [6.45, 7) is 8.16. The van der Waals surface area contributed by atoms with Crippen LogP contribution in [-0.2, 0) is 5.41 Å². The molecule has 2 aromatic rings. The van der Waals surface area contributed by atoms with E-state index in [4.69, 9.17) is 0 Å². The smallest absolute Gasteiger partial charge is 0.0950 e. The summed E-state index contributed by atoms with van der Waals surface area (Å²) in [5.41, 5.74) is 9.63. The van der Waals surface area contributed by atoms with E-state index in [9.17, 15) is 10.5 Å². The zero-order valence-corrected chi connectivity index (χ0v) is 18.6. The van der Waals surface area contributed by atoms with Gasteiger partial charge in [0, 0.05) is 46.1 Å². The maximum absolute atomic E-state index is 9.70. The molecule has 1 heterocycles. The van der Waals surface area contributed by atoms with Gasteiger partial charge in [0.25, 0.3) is 0 Å². The molecule has 0 aromatic heterocycles. The van der Waals surface area contributed by atoms with Crippen molar-refractivity contribution in [2.24, 2.45) is 0 Å². The summed E-state index contributed by atoms with van der Waals surface area (Å²) in [4.78, 5) is 2.23. The van der Waals surface area contributed by atoms with E-state index in [1.165, 1.54) is 16.9 Å². The first-order valence-corrected chi connectivity index (χ1v) is 10.4. The second kappa shape index (κ2) is 7.46. The Kier molecular flexibility index (Phi) is 4.92. The summed E-state index contributed by atoms with van der Waals surface area (Å²) in [5, 5.41) is 19.4. The van der Waals surface area contributed by atoms with Crippen LogP contribution in [0.25, 0.3) is 11.1 Å². The van der Waals surface area contributed by atoms with Gasteiger partial charge in [0.1, 0.15) is 0 Å². The SMILES string of the molecule is C\C(C#N)=C1C(=C\C=C2\N(C)c3ccccc3C2(C)C)/C(=C(/C)C#N)c2ccccc2/1. The molecule has 0 atom stereocenters. The predicted molar refractivity (Wildman–Crippen MR) is 127 cm³/mol. The van der Waals surface area contributed by atoms with Crippen molar-refractivity contribution in [3.8, 4) is 12.1 Å². The number of hydrogen-bond acceptors (Lipinski definition) is 3. The van der Waals surface area contributed by atoms with Crippen LogP contribution in [0.2, 0.25) is 0 Å². The zero-order valence-electron chi connectivity index (χ0n) is 18.6. The van der Waals surface area contributed by atoms with Gasteiger partial charge in [0.2, 0.25) is 0 Å². The largest absolute Gasteiger partial charge is 0.347 e. The fraction of sp³-hybridized carbons (Fsp3) is 0.214. The van der Waals surface area contributed by atoms with Crippen LogP contribution in [0.5, 0.6) is 0 Å². The Morgan fingerprint density at radius 2 is 1.35 bits per heavy atom. The molecule has 2 aromatic carbocycles. The molecular weight excluding hydrogens is 378 g/mol. The van der Waals surface area contributed by atoms with E-state index in [1.807, 2.05) is 38.1 Å². The first-order chi connectivity index (χ1) is 14.8. The van der Waals surface area contributed by atoms with Crippen LogP contribution >= 0.6 is 0 Å². The van der Waals surface area contributed by atoms with Gasteiger partial charge in [-0.1, -0.05) is 62.4 Å². The van der Waals surface area contributed by atoms with Gasteiger partial charge in [-0.25, -0.2) is 0 Å². The van der Waals surface area contributed by atoms with E-state index in [0.717, 1.165) is 27.8 Å². The van der Waals surface area contributed by atoms with Crippen LogP contribution in [-0.4, -0.2) is 7.05 Å². The second-order valence-corrected chi connectivity index (χ2v) is 8.60. The minimum absolute atomic E-state index is 0.143. The van der Waals surface area contributed by atoms with Gasteiger partial charge in [0.05, 0.1) is 12.1 Å². The molecule has 4 rings (SSSR count). The lowest BCUT2D eigenvalue weighted by molar-refractivity contribution is 0.640. The summed E-state index contributed by atoms with van der Waals surface area (Å²) in [7, 11) is 2.09. The second-order valence-electron chi connectivity index (χ2n) is 8.60. The van der Waals surface area contributed by atoms with E-state index in [0.29, 0.717) is 11.1 Å². The highest BCUT2D eigenvalue weighted by molar-refractivity contribution is 6.11. The molecule has 0 bridgehead atoms. The zero-order chi connectivity index (χ0) is 22.3. The van der Waals surface area contributed by atoms with Crippen LogP contribution in [0, 0.1) is 22.7 Å². The van der Waals surface area contributed by atoms with Gasteiger partial charge in [-0.3, -0.25) is 0 Å². The van der Waals surface area contributed by atoms with Crippen molar-refractivity contribution in [1.29, 1.82) is 10.5 Å². The highest BCUT2D eigenvalue weighted by Gasteiger charge is 2.38. The van der Waals surface area contributed by atoms with Gasteiger partial charge >= 0.3 is 0 Å². The Labute approximate surface area is 184 Å². The molecule has 2 aliphatic rings. The highest BCUT2D eigenvalue weighted by Crippen LogP contribution is 2.49. The van der Waals surface area contributed by atoms with Crippen LogP contribution in [0.3, 0.4) is 0 Å². The standard InChI is InChI=1S/C28H25N3/c1-18(16-29)26-20-10-6-7-11-21(20)27(19(2)17-30)22(26)14-15-25-28(3,4)23-12-8-9-13-24(23)31(25)5/h6-15H,1-5H3/b22-14-,25-15+,26-18-,27-19+. The quantitative estimate of drug-likeness (QED) is 0.509. The van der Waals surface area contributed by atoms with Crippen molar-refractivity contribution in [3.63, 3.8) is 0 Å². The van der Waals surface area contributed by atoms with Crippen molar-refractivity contribution < 1.29 is 0 Å². The molecule has 31 heavy (non-hydrogen) atoms. The molecule has 0 spiro atoms. The molecule has 0 N–H and O–H groups in total. The number of hydrogen-bond donors (Lipinski definition) is 0. The Morgan fingerprint density at radius 1 is 0.839 bits per heavy atom. The number of nitriles is 2. The van der Waals surface area contributed by atoms with E-state index < -0.39 is 0 Å². The lowest BCUT2D eigenvalue weighted by Gasteiger charge is -2.24. The normalized spacial score (nSPS) is 22.1. The summed E-state index contributed by atoms with van der Waals surface area (Å²) < 4.78 is 0. The third-order valence-corrected chi connectivity index (χ3v) is 6.44. The van der Waals surface area contributed by atoms with Gasteiger partial charge < -0.3 is 4.90 Å². The van der Waals surface area contributed by atoms with E-state index in [1.54, 1.807) is 0 Å². The minimum atomic E-state index is -0.143. The fourth-order valence-electron chi connectivity index (χ4n) is 4.88. The molecule has 1 aliphatic heterocycles. The average Bonchev–Trinajstić information content (AvgIpc) is 3.20. The number of rotatable bonds is 1. The molecule has 0 saturated carbocycles. The number of allylic oxidation sites excluding steroid dienone is 8. The predicted octanol–water partition coefficient (Wildman–Crippen LogP) is 6.53. The lowest BCUT2D eigenvalue weighted by atomic mass is 9.83. The highest BCUT2D eigenvalue weighted by atomic mass is 15.2. The van der Waals surface area contributed by atoms with Crippen LogP contribution in [0.4, 0.5) is 5.69 Å². The van der Waals surface area contributed by atoms with Crippen molar-refractivity contribution in [3.05, 3.63) is 99.8 Å². The van der Waals surface area contributed by atoms with Crippen molar-refractivity contribution in [2.45, 2.75) is 33.1 Å². The molecule has 0 amide bonds. The molecule has 3 heteroatoms. The Morgan fingerprint density at radius 3 is 1.87 bits per heavy atom. The van der Waals surface area contributed by atoms with Gasteiger partial charge in [-0.15, -0.1) is 0 Å². The molecule has 1 aliphatic carbocycles. The Bertz CT molecular complexity index is 1240. The summed E-state index contributed by atoms with van der Waals surface area (Å²) in [6.07, 6.45) is 4.24. The maximum atomic E-state index is 9.70. The van der Waals surface area contributed by atoms with Gasteiger partial charge in [0.15, 0.2) is 0 Å². The monoisotopic (exact) mass is 403 g/mol. The molecule has 152 valence electrons. The Balaban J connectivity index is 1.97. The third-order valence-electron chi connectivity index (χ3n) is 6.44. The van der Waals surface area contributed by atoms with E-state index >= 15 is 0 Å². The minimum Gasteiger partial charge on any atom is -0.347 e. The molecule has 0 fully saturated rings. The number of nitrogens with zero attached hydrogens (tertiary/aromatic N) is 3. The summed E-state index contributed by atoms with van der Waals surface area (Å²) >= 11 is 0. The number of fused-ring (bicyclic) bond motifs is 2. The molecular formula is C28H25N3. The first kappa shape index (κ1) is 20.5. The molecule has 0 saturated heterocycles. The van der Waals surface area contributed by atoms with E-state index in [-0.39, 0.29) is 5.41 Å². The third kappa shape index (κ3) is 3.02. The van der Waals surface area contributed by atoms with Crippen LogP contribution in [0.1, 0.15) is 44.4 Å². The van der Waals surface area contributed by atoms with Crippen LogP contribution < -0.4 is 4.90 Å². The van der Waals surface area contributed by atoms with Crippen molar-refractivity contribution >= 4 is 16.8 Å². The molecule has 0 unspecified atom stereocenters. The van der Waals surface area contributed by atoms with Crippen LogP contribution in [0.15, 0.2) is 83.1 Å². The number of para-hydroxylation sites is 1. The summed E-state index contributed by atoms with van der Waals surface area (Å²) in [6, 6.07) is 21.2. The average molecular weight is 404 g/mol. The topological polar surface area (TPSA) is 50.8 Å². The molecule has 0 radical (unpaired) electrons. The lowest BCUT2D eigenvalue weighted by Crippen LogP contribution is -2.22. The fourth-order valence-corrected chi connectivity index (χ4v) is 4.88. The number of benzene rings is 2. The van der Waals surface area contributed by atoms with E-state index in [2.05, 4.69) is 74.4 Å². The van der Waals surface area contributed by atoms with Crippen molar-refractivity contribution in [2.75, 3.05) is 11.9 Å². The Hall–Kier alpha value is -3.82.